The van der Waals surface area contributed by atoms with Crippen LogP contribution >= 0.6 is 39.9 Å². The van der Waals surface area contributed by atoms with Crippen LogP contribution in [0.25, 0.3) is 0 Å². The van der Waals surface area contributed by atoms with Gasteiger partial charge in [0.1, 0.15) is 15.7 Å². The van der Waals surface area contributed by atoms with E-state index in [1.807, 2.05) is 19.9 Å². The Morgan fingerprint density at radius 2 is 2.08 bits per heavy atom. The molecule has 1 rings (SSSR count). The van der Waals surface area contributed by atoms with Gasteiger partial charge in [0.25, 0.3) is 0 Å². The minimum atomic E-state index is -2.97. The molecule has 26 heavy (non-hydrogen) atoms. The van der Waals surface area contributed by atoms with Gasteiger partial charge in [-0.1, -0.05) is 22.0 Å². The number of halogens is 3. The molecule has 0 heterocycles. The van der Waals surface area contributed by atoms with Crippen molar-refractivity contribution in [1.82, 2.24) is 10.6 Å². The Kier molecular flexibility index (Phi) is 12.7. The zero-order valence-electron chi connectivity index (χ0n) is 15.4. The SMILES string of the molecule is CCNC(=NCCCc1ccc(Br)cc1F)NC(C)CCS(C)(=O)=O.I. The van der Waals surface area contributed by atoms with Crippen molar-refractivity contribution < 1.29 is 12.8 Å². The van der Waals surface area contributed by atoms with Crippen molar-refractivity contribution in [3.63, 3.8) is 0 Å². The maximum atomic E-state index is 13.8. The second-order valence-electron chi connectivity index (χ2n) is 6.06. The number of rotatable bonds is 9. The molecule has 150 valence electrons. The van der Waals surface area contributed by atoms with Gasteiger partial charge in [-0.25, -0.2) is 12.8 Å². The Labute approximate surface area is 181 Å². The summed E-state index contributed by atoms with van der Waals surface area (Å²) in [6.07, 6.45) is 3.10. The Hall–Kier alpha value is -0.420. The Morgan fingerprint density at radius 1 is 1.38 bits per heavy atom. The van der Waals surface area contributed by atoms with Crippen LogP contribution in [0.3, 0.4) is 0 Å². The average Bonchev–Trinajstić information content (AvgIpc) is 2.50. The summed E-state index contributed by atoms with van der Waals surface area (Å²) < 4.78 is 37.0. The third-order valence-corrected chi connectivity index (χ3v) is 5.01. The smallest absolute Gasteiger partial charge is 0.191 e. The lowest BCUT2D eigenvalue weighted by atomic mass is 10.1. The van der Waals surface area contributed by atoms with Gasteiger partial charge in [0.2, 0.25) is 0 Å². The molecule has 0 saturated carbocycles. The number of aryl methyl sites for hydroxylation is 1. The molecule has 0 amide bonds. The first-order chi connectivity index (χ1) is 11.7. The van der Waals surface area contributed by atoms with Gasteiger partial charge in [0.15, 0.2) is 5.96 Å². The third-order valence-electron chi connectivity index (χ3n) is 3.54. The van der Waals surface area contributed by atoms with Crippen LogP contribution in [0.2, 0.25) is 0 Å². The number of guanidine groups is 1. The first-order valence-corrected chi connectivity index (χ1v) is 11.2. The number of benzene rings is 1. The Morgan fingerprint density at radius 3 is 2.65 bits per heavy atom. The summed E-state index contributed by atoms with van der Waals surface area (Å²) in [5.74, 6) is 0.584. The lowest BCUT2D eigenvalue weighted by Gasteiger charge is -2.17. The number of hydrogen-bond acceptors (Lipinski definition) is 3. The molecule has 0 fully saturated rings. The lowest BCUT2D eigenvalue weighted by Crippen LogP contribution is -2.42. The van der Waals surface area contributed by atoms with Gasteiger partial charge >= 0.3 is 0 Å². The first-order valence-electron chi connectivity index (χ1n) is 8.37. The highest BCUT2D eigenvalue weighted by atomic mass is 127. The van der Waals surface area contributed by atoms with Crippen LogP contribution in [-0.4, -0.2) is 45.5 Å². The number of nitrogens with one attached hydrogen (secondary N) is 2. The van der Waals surface area contributed by atoms with Gasteiger partial charge < -0.3 is 10.6 Å². The van der Waals surface area contributed by atoms with Crippen LogP contribution in [0, 0.1) is 5.82 Å². The summed E-state index contributed by atoms with van der Waals surface area (Å²) in [6, 6.07) is 5.07. The second kappa shape index (κ2) is 12.9. The van der Waals surface area contributed by atoms with Gasteiger partial charge in [-0.3, -0.25) is 4.99 Å². The normalized spacial score (nSPS) is 13.0. The molecule has 1 atom stereocenters. The van der Waals surface area contributed by atoms with Crippen molar-refractivity contribution in [2.45, 2.75) is 39.2 Å². The molecule has 5 nitrogen and oxygen atoms in total. The van der Waals surface area contributed by atoms with Crippen molar-refractivity contribution in [2.24, 2.45) is 4.99 Å². The predicted octanol–water partition coefficient (Wildman–Crippen LogP) is 3.52. The molecule has 0 spiro atoms. The van der Waals surface area contributed by atoms with E-state index in [-0.39, 0.29) is 41.6 Å². The molecule has 0 saturated heterocycles. The van der Waals surface area contributed by atoms with Crippen LogP contribution in [0.4, 0.5) is 4.39 Å². The molecule has 1 aromatic rings. The van der Waals surface area contributed by atoms with E-state index in [1.165, 1.54) is 12.3 Å². The highest BCUT2D eigenvalue weighted by Gasteiger charge is 2.09. The lowest BCUT2D eigenvalue weighted by molar-refractivity contribution is 0.580. The molecule has 9 heteroatoms. The molecular weight excluding hydrogens is 536 g/mol. The zero-order valence-corrected chi connectivity index (χ0v) is 20.1. The predicted molar refractivity (Wildman–Crippen MR) is 121 cm³/mol. The molecule has 0 aliphatic heterocycles. The third kappa shape index (κ3) is 11.3. The summed E-state index contributed by atoms with van der Waals surface area (Å²) in [4.78, 5) is 4.47. The molecule has 0 aliphatic carbocycles. The fourth-order valence-electron chi connectivity index (χ4n) is 2.20. The maximum absolute atomic E-state index is 13.8. The standard InChI is InChI=1S/C17H27BrFN3O2S.HI/c1-4-20-17(22-13(2)9-11-25(3,23)24)21-10-5-6-14-7-8-15(18)12-16(14)19;/h7-8,12-13H,4-6,9-11H2,1-3H3,(H2,20,21,22);1H. The van der Waals surface area contributed by atoms with Crippen molar-refractivity contribution in [2.75, 3.05) is 25.1 Å². The number of aliphatic imine (C=N–C) groups is 1. The summed E-state index contributed by atoms with van der Waals surface area (Å²) in [5, 5.41) is 6.34. The second-order valence-corrected chi connectivity index (χ2v) is 9.24. The van der Waals surface area contributed by atoms with E-state index in [9.17, 15) is 12.8 Å². The van der Waals surface area contributed by atoms with Gasteiger partial charge in [0.05, 0.1) is 5.75 Å². The van der Waals surface area contributed by atoms with Crippen molar-refractivity contribution >= 4 is 55.7 Å². The molecule has 1 unspecified atom stereocenters. The number of hydrogen-bond donors (Lipinski definition) is 2. The molecule has 0 bridgehead atoms. The van der Waals surface area contributed by atoms with E-state index in [0.29, 0.717) is 37.5 Å². The van der Waals surface area contributed by atoms with Crippen molar-refractivity contribution in [3.8, 4) is 0 Å². The van der Waals surface area contributed by atoms with Crippen LogP contribution in [-0.2, 0) is 16.3 Å². The van der Waals surface area contributed by atoms with Crippen LogP contribution < -0.4 is 10.6 Å². The van der Waals surface area contributed by atoms with E-state index >= 15 is 0 Å². The van der Waals surface area contributed by atoms with E-state index in [0.717, 1.165) is 10.9 Å². The maximum Gasteiger partial charge on any atom is 0.191 e. The van der Waals surface area contributed by atoms with Crippen molar-refractivity contribution in [1.29, 1.82) is 0 Å². The quantitative estimate of drug-likeness (QED) is 0.209. The van der Waals surface area contributed by atoms with Gasteiger partial charge in [0, 0.05) is 29.9 Å². The molecule has 0 radical (unpaired) electrons. The van der Waals surface area contributed by atoms with Gasteiger partial charge in [-0.2, -0.15) is 0 Å². The highest BCUT2D eigenvalue weighted by molar-refractivity contribution is 14.0. The number of nitrogens with zero attached hydrogens (tertiary/aromatic N) is 1. The molecular formula is C17H28BrFIN3O2S. The van der Waals surface area contributed by atoms with Crippen LogP contribution in [0.1, 0.15) is 32.3 Å². The van der Waals surface area contributed by atoms with Gasteiger partial charge in [-0.05, 0) is 50.8 Å². The van der Waals surface area contributed by atoms with Crippen LogP contribution in [0.15, 0.2) is 27.7 Å². The minimum Gasteiger partial charge on any atom is -0.357 e. The summed E-state index contributed by atoms with van der Waals surface area (Å²) in [5.41, 5.74) is 0.679. The largest absolute Gasteiger partial charge is 0.357 e. The van der Waals surface area contributed by atoms with Gasteiger partial charge in [-0.15, -0.1) is 24.0 Å². The molecule has 1 aromatic carbocycles. The summed E-state index contributed by atoms with van der Waals surface area (Å²) in [7, 11) is -2.97. The van der Waals surface area contributed by atoms with E-state index in [4.69, 9.17) is 0 Å². The average molecular weight is 564 g/mol. The fourth-order valence-corrected chi connectivity index (χ4v) is 3.32. The molecule has 0 aliphatic rings. The monoisotopic (exact) mass is 563 g/mol. The Balaban J connectivity index is 0.00000625. The fraction of sp³-hybridized carbons (Fsp3) is 0.588. The van der Waals surface area contributed by atoms with E-state index in [2.05, 4.69) is 31.6 Å². The first kappa shape index (κ1) is 25.6. The van der Waals surface area contributed by atoms with Crippen LogP contribution in [0.5, 0.6) is 0 Å². The highest BCUT2D eigenvalue weighted by Crippen LogP contribution is 2.16. The van der Waals surface area contributed by atoms with E-state index in [1.54, 1.807) is 6.07 Å². The van der Waals surface area contributed by atoms with E-state index < -0.39 is 9.84 Å². The summed E-state index contributed by atoms with van der Waals surface area (Å²) >= 11 is 3.25. The topological polar surface area (TPSA) is 70.6 Å². The Bertz CT molecular complexity index is 687. The summed E-state index contributed by atoms with van der Waals surface area (Å²) in [6.45, 7) is 5.17. The number of sulfone groups is 1. The molecule has 0 aromatic heterocycles. The molecule has 2 N–H and O–H groups in total. The zero-order chi connectivity index (χ0) is 18.9. The minimum absolute atomic E-state index is 0. The van der Waals surface area contributed by atoms with Crippen molar-refractivity contribution in [3.05, 3.63) is 34.1 Å².